The van der Waals surface area contributed by atoms with Crippen molar-refractivity contribution in [3.05, 3.63) is 220 Å². The largest absolute Gasteiger partial charge is 0.373 e. The van der Waals surface area contributed by atoms with Crippen molar-refractivity contribution in [2.75, 3.05) is 0 Å². The Morgan fingerprint density at radius 3 is 1.94 bits per heavy atom. The van der Waals surface area contributed by atoms with Crippen LogP contribution < -0.4 is 10.6 Å². The molecule has 0 saturated heterocycles. The highest BCUT2D eigenvalue weighted by Gasteiger charge is 2.52. The third kappa shape index (κ3) is 4.34. The maximum absolute atomic E-state index is 13.8. The van der Waals surface area contributed by atoms with Crippen LogP contribution in [0.3, 0.4) is 0 Å². The summed E-state index contributed by atoms with van der Waals surface area (Å²) in [4.78, 5) is 27.9. The number of allylic oxidation sites excluding steroid dienone is 2. The Morgan fingerprint density at radius 2 is 1.25 bits per heavy atom. The summed E-state index contributed by atoms with van der Waals surface area (Å²) in [5, 5.41) is 20.1. The van der Waals surface area contributed by atoms with E-state index in [4.69, 9.17) is 9.98 Å². The summed E-state index contributed by atoms with van der Waals surface area (Å²) in [6.45, 7) is 0. The highest BCUT2D eigenvalue weighted by molar-refractivity contribution is 6.25. The van der Waals surface area contributed by atoms with E-state index in [1.807, 2.05) is 146 Å². The van der Waals surface area contributed by atoms with Crippen LogP contribution in [0, 0.1) is 0 Å². The molecular weight excluding hydrogens is 643 g/mol. The number of carbonyl (C=O) groups is 1. The van der Waals surface area contributed by atoms with Gasteiger partial charge in [-0.25, -0.2) is 9.98 Å². The van der Waals surface area contributed by atoms with E-state index >= 15 is 0 Å². The van der Waals surface area contributed by atoms with Gasteiger partial charge in [0, 0.05) is 28.1 Å². The smallest absolute Gasteiger partial charge is 0.252 e. The molecule has 5 aliphatic rings. The molecule has 0 saturated carbocycles. The molecule has 0 radical (unpaired) electrons. The molecule has 5 aromatic rings. The first-order valence-electron chi connectivity index (χ1n) is 17.3. The maximum Gasteiger partial charge on any atom is 0.252 e. The van der Waals surface area contributed by atoms with Gasteiger partial charge in [0.15, 0.2) is 5.60 Å². The lowest BCUT2D eigenvalue weighted by molar-refractivity contribution is 0.0933. The predicted octanol–water partition coefficient (Wildman–Crippen LogP) is 7.11. The van der Waals surface area contributed by atoms with E-state index in [-0.39, 0.29) is 5.91 Å². The molecule has 3 unspecified atom stereocenters. The molecule has 248 valence electrons. The van der Waals surface area contributed by atoms with Gasteiger partial charge < -0.3 is 20.7 Å². The fraction of sp³-hybridized carbons (Fsp3) is 0.0667. The van der Waals surface area contributed by atoms with Crippen LogP contribution in [0.2, 0.25) is 0 Å². The van der Waals surface area contributed by atoms with Gasteiger partial charge in [0.05, 0.1) is 34.6 Å². The third-order valence-corrected chi connectivity index (χ3v) is 10.5. The Kier molecular flexibility index (Phi) is 6.57. The van der Waals surface area contributed by atoms with E-state index in [0.717, 1.165) is 44.9 Å². The van der Waals surface area contributed by atoms with Crippen LogP contribution in [0.15, 0.2) is 191 Å². The summed E-state index contributed by atoms with van der Waals surface area (Å²) in [5.74, 6) is -0.144. The molecule has 0 aliphatic carbocycles. The summed E-state index contributed by atoms with van der Waals surface area (Å²) in [6, 6.07) is 41.1. The Labute approximate surface area is 300 Å². The lowest BCUT2D eigenvalue weighted by Crippen LogP contribution is -2.54. The second-order valence-electron chi connectivity index (χ2n) is 13.4. The molecule has 1 aromatic heterocycles. The number of hydrogen-bond donors (Lipinski definition) is 4. The highest BCUT2D eigenvalue weighted by Crippen LogP contribution is 2.44. The van der Waals surface area contributed by atoms with Crippen molar-refractivity contribution in [1.29, 1.82) is 0 Å². The van der Waals surface area contributed by atoms with E-state index in [9.17, 15) is 9.90 Å². The summed E-state index contributed by atoms with van der Waals surface area (Å²) in [7, 11) is 0. The minimum atomic E-state index is -1.66. The molecule has 7 nitrogen and oxygen atoms in total. The number of aliphatic imine (C=N–C) groups is 2. The van der Waals surface area contributed by atoms with Crippen molar-refractivity contribution >= 4 is 28.5 Å². The number of nitrogens with one attached hydrogen (secondary N) is 3. The average molecular weight is 674 g/mol. The van der Waals surface area contributed by atoms with Gasteiger partial charge in [-0.3, -0.25) is 4.79 Å². The number of H-pyrrole nitrogens is 1. The van der Waals surface area contributed by atoms with Gasteiger partial charge in [0.25, 0.3) is 5.91 Å². The summed E-state index contributed by atoms with van der Waals surface area (Å²) < 4.78 is 0. The molecule has 52 heavy (non-hydrogen) atoms. The number of nitrogens with zero attached hydrogens (tertiary/aromatic N) is 2. The van der Waals surface area contributed by atoms with Crippen LogP contribution in [0.25, 0.3) is 11.1 Å². The maximum atomic E-state index is 13.8. The summed E-state index contributed by atoms with van der Waals surface area (Å²) >= 11 is 0. The van der Waals surface area contributed by atoms with Gasteiger partial charge in [-0.1, -0.05) is 115 Å². The molecule has 1 amide bonds. The quantitative estimate of drug-likeness (QED) is 0.154. The molecule has 10 rings (SSSR count). The van der Waals surface area contributed by atoms with Gasteiger partial charge in [-0.2, -0.15) is 0 Å². The second-order valence-corrected chi connectivity index (χ2v) is 13.4. The molecule has 0 fully saturated rings. The van der Waals surface area contributed by atoms with E-state index in [2.05, 4.69) is 33.5 Å². The topological polar surface area (TPSA) is 102 Å². The number of rotatable bonds is 3. The zero-order valence-corrected chi connectivity index (χ0v) is 27.8. The Hall–Kier alpha value is -6.79. The van der Waals surface area contributed by atoms with Crippen LogP contribution in [0.4, 0.5) is 0 Å². The Balaban J connectivity index is 1.28. The minimum Gasteiger partial charge on any atom is -0.373 e. The van der Waals surface area contributed by atoms with Crippen molar-refractivity contribution in [2.24, 2.45) is 9.98 Å². The number of aromatic amines is 1. The molecule has 4 aromatic carbocycles. The van der Waals surface area contributed by atoms with Crippen molar-refractivity contribution in [2.45, 2.75) is 17.2 Å². The van der Waals surface area contributed by atoms with Gasteiger partial charge in [0.1, 0.15) is 5.54 Å². The number of benzene rings is 4. The predicted molar refractivity (Wildman–Crippen MR) is 203 cm³/mol. The lowest BCUT2D eigenvalue weighted by Gasteiger charge is -2.36. The van der Waals surface area contributed by atoms with Crippen LogP contribution >= 0.6 is 0 Å². The van der Waals surface area contributed by atoms with E-state index < -0.39 is 17.2 Å². The molecule has 3 atom stereocenters. The van der Waals surface area contributed by atoms with Crippen LogP contribution in [0.5, 0.6) is 0 Å². The van der Waals surface area contributed by atoms with Crippen LogP contribution in [-0.2, 0) is 11.1 Å². The fourth-order valence-electron chi connectivity index (χ4n) is 8.10. The van der Waals surface area contributed by atoms with E-state index in [1.54, 1.807) is 0 Å². The Bertz CT molecular complexity index is 2580. The second kappa shape index (κ2) is 11.4. The standard InChI is InChI=1S/C45H31N5O2/c51-43-31-18-10-11-19-32(31)44(50-43)37-24-20-33(46-37)41(28-12-4-1-5-13-28)35-22-26-39(48-35)45(52,30-16-8-3-9-17-30)40-27-23-36(49-40)42(29-14-6-2-7-15-29)34-21-25-38(44)47-34/h1-20,22-27,38,46-47,52H,(H,50,51)/b41-35-,42-36-. The molecular formula is C45H31N5O2. The molecule has 6 heterocycles. The molecule has 7 heteroatoms. The normalized spacial score (nSPS) is 26.6. The van der Waals surface area contributed by atoms with Gasteiger partial charge >= 0.3 is 0 Å². The monoisotopic (exact) mass is 673 g/mol. The van der Waals surface area contributed by atoms with E-state index in [0.29, 0.717) is 33.9 Å². The highest BCUT2D eigenvalue weighted by atomic mass is 16.3. The zero-order valence-electron chi connectivity index (χ0n) is 27.8. The summed E-state index contributed by atoms with van der Waals surface area (Å²) in [6.07, 6.45) is 9.65. The number of fused-ring (bicyclic) bond motifs is 10. The minimum absolute atomic E-state index is 0.144. The molecule has 4 N–H and O–H groups in total. The number of hydrogen-bond acceptors (Lipinski definition) is 5. The van der Waals surface area contributed by atoms with Crippen LogP contribution in [-0.4, -0.2) is 33.5 Å². The third-order valence-electron chi connectivity index (χ3n) is 10.5. The molecule has 5 aliphatic heterocycles. The first-order valence-corrected chi connectivity index (χ1v) is 17.3. The van der Waals surface area contributed by atoms with Gasteiger partial charge in [-0.15, -0.1) is 0 Å². The summed E-state index contributed by atoms with van der Waals surface area (Å²) in [5.41, 5.74) is 11.2. The first kappa shape index (κ1) is 30.1. The number of carbonyl (C=O) groups excluding carboxylic acids is 1. The van der Waals surface area contributed by atoms with Crippen molar-refractivity contribution < 1.29 is 9.90 Å². The zero-order chi connectivity index (χ0) is 34.9. The SMILES string of the molecule is O=C1NC2(c3ccc([nH]3)/C(c3ccccc3)=C3/C=CC(=N3)C(O)(c3ccccc3)C3=N/C(=C(/c4ccccc4)C4=C=CC2N4)C=C3)c2ccccc21. The Morgan fingerprint density at radius 1 is 0.654 bits per heavy atom. The van der Waals surface area contributed by atoms with Gasteiger partial charge in [-0.05, 0) is 70.8 Å². The molecule has 8 bridgehead atoms. The van der Waals surface area contributed by atoms with Crippen molar-refractivity contribution in [3.8, 4) is 0 Å². The van der Waals surface area contributed by atoms with Crippen LogP contribution in [0.1, 0.15) is 44.0 Å². The average Bonchev–Trinajstić information content (AvgIpc) is 4.05. The van der Waals surface area contributed by atoms with E-state index in [1.165, 1.54) is 0 Å². The lowest BCUT2D eigenvalue weighted by atomic mass is 9.81. The number of aliphatic hydroxyl groups is 1. The van der Waals surface area contributed by atoms with Gasteiger partial charge in [0.2, 0.25) is 0 Å². The number of aromatic nitrogens is 1. The van der Waals surface area contributed by atoms with Crippen molar-refractivity contribution in [1.82, 2.24) is 15.6 Å². The molecule has 1 spiro atoms. The van der Waals surface area contributed by atoms with Crippen molar-refractivity contribution in [3.63, 3.8) is 0 Å². The number of amides is 1. The fourth-order valence-corrected chi connectivity index (χ4v) is 8.10. The first-order chi connectivity index (χ1) is 25.5.